The molecular weight excluding hydrogens is 551 g/mol. The molecule has 0 saturated heterocycles. The lowest BCUT2D eigenvalue weighted by molar-refractivity contribution is 0.480. The Hall–Kier alpha value is -2.56. The van der Waals surface area contributed by atoms with Gasteiger partial charge >= 0.3 is 0 Å². The molecule has 0 amide bonds. The van der Waals surface area contributed by atoms with Crippen LogP contribution in [-0.2, 0) is 30.3 Å². The number of benzene rings is 2. The normalized spacial score (nSPS) is 16.6. The smallest absolute Gasteiger partial charge is 0.295 e. The molecule has 0 aromatic heterocycles. The van der Waals surface area contributed by atoms with Gasteiger partial charge in [0, 0.05) is 17.4 Å². The average molecular weight is 574 g/mol. The molecule has 0 aliphatic heterocycles. The fraction of sp³-hybridized carbons (Fsp3) is 0.286. The summed E-state index contributed by atoms with van der Waals surface area (Å²) in [6.45, 7) is 0. The summed E-state index contributed by atoms with van der Waals surface area (Å²) >= 11 is 5.18. The van der Waals surface area contributed by atoms with Crippen LogP contribution in [0.5, 0.6) is 0 Å². The van der Waals surface area contributed by atoms with Gasteiger partial charge in [-0.25, -0.2) is 8.42 Å². The van der Waals surface area contributed by atoms with Crippen LogP contribution < -0.4 is 15.4 Å². The highest BCUT2D eigenvalue weighted by Gasteiger charge is 2.36. The van der Waals surface area contributed by atoms with E-state index in [-0.39, 0.29) is 22.9 Å². The standard InChI is InChI=1S/C21H23N3O8S4/c25-34(26,18-9-10-18)24-17-6-4-14(20(12-17)36(30,31)32)2-1-13-3-5-16(11-19(13)35(27,28)29)23-21(33)22-15-7-8-15/h1-6,11-12,15,18,24H,7-10H2,(H2,22,23,33)(H,27,28,29)(H,30,31,32). The number of anilines is 2. The van der Waals surface area contributed by atoms with Gasteiger partial charge in [-0.2, -0.15) is 16.8 Å². The Balaban J connectivity index is 1.64. The third-order valence-electron chi connectivity index (χ3n) is 5.42. The highest BCUT2D eigenvalue weighted by atomic mass is 32.2. The van der Waals surface area contributed by atoms with Gasteiger partial charge in [-0.1, -0.05) is 24.3 Å². The molecule has 15 heteroatoms. The molecular formula is C21H23N3O8S4. The fourth-order valence-electron chi connectivity index (χ4n) is 3.32. The van der Waals surface area contributed by atoms with Gasteiger partial charge < -0.3 is 10.6 Å². The van der Waals surface area contributed by atoms with Crippen molar-refractivity contribution < 1.29 is 34.4 Å². The summed E-state index contributed by atoms with van der Waals surface area (Å²) in [7, 11) is -13.1. The molecule has 2 fully saturated rings. The van der Waals surface area contributed by atoms with Crippen molar-refractivity contribution in [3.63, 3.8) is 0 Å². The molecule has 0 heterocycles. The third kappa shape index (κ3) is 6.80. The fourth-order valence-corrected chi connectivity index (χ4v) is 6.40. The molecule has 0 unspecified atom stereocenters. The van der Waals surface area contributed by atoms with Gasteiger partial charge in [0.15, 0.2) is 5.11 Å². The minimum Gasteiger partial charge on any atom is -0.360 e. The summed E-state index contributed by atoms with van der Waals surface area (Å²) in [5.74, 6) is 0. The first kappa shape index (κ1) is 26.5. The summed E-state index contributed by atoms with van der Waals surface area (Å²) in [5, 5.41) is 5.65. The van der Waals surface area contributed by atoms with Crippen molar-refractivity contribution in [3.05, 3.63) is 47.5 Å². The average Bonchev–Trinajstić information content (AvgIpc) is 3.65. The largest absolute Gasteiger partial charge is 0.360 e. The van der Waals surface area contributed by atoms with Crippen LogP contribution in [0, 0.1) is 0 Å². The highest BCUT2D eigenvalue weighted by molar-refractivity contribution is 7.93. The Morgan fingerprint density at radius 1 is 0.806 bits per heavy atom. The van der Waals surface area contributed by atoms with E-state index in [4.69, 9.17) is 12.2 Å². The van der Waals surface area contributed by atoms with Gasteiger partial charge in [0.05, 0.1) is 5.25 Å². The van der Waals surface area contributed by atoms with E-state index in [0.29, 0.717) is 23.6 Å². The molecule has 2 aliphatic carbocycles. The third-order valence-corrected chi connectivity index (χ3v) is 9.33. The minimum absolute atomic E-state index is 0.0314. The van der Waals surface area contributed by atoms with Gasteiger partial charge in [-0.15, -0.1) is 0 Å². The molecule has 0 radical (unpaired) electrons. The van der Waals surface area contributed by atoms with E-state index in [1.54, 1.807) is 0 Å². The van der Waals surface area contributed by atoms with Crippen LogP contribution in [0.15, 0.2) is 46.2 Å². The number of hydrogen-bond acceptors (Lipinski definition) is 7. The van der Waals surface area contributed by atoms with Crippen molar-refractivity contribution >= 4 is 71.1 Å². The topological polar surface area (TPSA) is 179 Å². The van der Waals surface area contributed by atoms with E-state index >= 15 is 0 Å². The second kappa shape index (κ2) is 9.72. The zero-order valence-electron chi connectivity index (χ0n) is 18.6. The molecule has 0 atom stereocenters. The summed E-state index contributed by atoms with van der Waals surface area (Å²) in [5.41, 5.74) is 0.259. The van der Waals surface area contributed by atoms with Crippen LogP contribution in [0.2, 0.25) is 0 Å². The lowest BCUT2D eigenvalue weighted by atomic mass is 10.1. The molecule has 5 N–H and O–H groups in total. The minimum atomic E-state index is -4.77. The summed E-state index contributed by atoms with van der Waals surface area (Å²) < 4.78 is 94.0. The molecule has 0 spiro atoms. The molecule has 2 aliphatic rings. The van der Waals surface area contributed by atoms with Crippen molar-refractivity contribution in [2.75, 3.05) is 10.0 Å². The van der Waals surface area contributed by atoms with E-state index in [0.717, 1.165) is 18.9 Å². The molecule has 0 bridgehead atoms. The van der Waals surface area contributed by atoms with Crippen LogP contribution >= 0.6 is 12.2 Å². The molecule has 2 saturated carbocycles. The first-order valence-corrected chi connectivity index (χ1v) is 15.6. The van der Waals surface area contributed by atoms with Crippen molar-refractivity contribution in [1.29, 1.82) is 0 Å². The Labute approximate surface area is 214 Å². The lowest BCUT2D eigenvalue weighted by Crippen LogP contribution is -2.30. The Morgan fingerprint density at radius 2 is 1.31 bits per heavy atom. The Kier molecular flexibility index (Phi) is 7.15. The molecule has 2 aromatic carbocycles. The number of sulfonamides is 1. The van der Waals surface area contributed by atoms with Gasteiger partial charge in [-0.05, 0) is 73.3 Å². The first-order valence-electron chi connectivity index (χ1n) is 10.7. The van der Waals surface area contributed by atoms with Crippen LogP contribution in [-0.4, -0.2) is 50.8 Å². The summed E-state index contributed by atoms with van der Waals surface area (Å²) in [6.07, 6.45) is 5.45. The second-order valence-corrected chi connectivity index (χ2v) is 13.7. The monoisotopic (exact) mass is 573 g/mol. The summed E-state index contributed by atoms with van der Waals surface area (Å²) in [4.78, 5) is -1.04. The van der Waals surface area contributed by atoms with Gasteiger partial charge in [0.2, 0.25) is 10.0 Å². The molecule has 194 valence electrons. The van der Waals surface area contributed by atoms with Crippen LogP contribution in [0.25, 0.3) is 12.2 Å². The predicted molar refractivity (Wildman–Crippen MR) is 139 cm³/mol. The van der Waals surface area contributed by atoms with E-state index < -0.39 is 45.3 Å². The van der Waals surface area contributed by atoms with Gasteiger partial charge in [0.25, 0.3) is 20.2 Å². The quantitative estimate of drug-likeness (QED) is 0.169. The molecule has 36 heavy (non-hydrogen) atoms. The van der Waals surface area contributed by atoms with E-state index in [9.17, 15) is 34.4 Å². The van der Waals surface area contributed by atoms with Crippen LogP contribution in [0.4, 0.5) is 11.4 Å². The van der Waals surface area contributed by atoms with E-state index in [1.807, 2.05) is 0 Å². The maximum atomic E-state index is 12.2. The van der Waals surface area contributed by atoms with Crippen LogP contribution in [0.1, 0.15) is 36.8 Å². The first-order chi connectivity index (χ1) is 16.7. The van der Waals surface area contributed by atoms with Crippen molar-refractivity contribution in [3.8, 4) is 0 Å². The number of thiocarbonyl (C=S) groups is 1. The molecule has 11 nitrogen and oxygen atoms in total. The zero-order chi connectivity index (χ0) is 26.3. The second-order valence-electron chi connectivity index (χ2n) is 8.51. The maximum absolute atomic E-state index is 12.2. The zero-order valence-corrected chi connectivity index (χ0v) is 21.8. The van der Waals surface area contributed by atoms with E-state index in [1.165, 1.54) is 42.5 Å². The number of rotatable bonds is 9. The van der Waals surface area contributed by atoms with Crippen molar-refractivity contribution in [1.82, 2.24) is 5.32 Å². The molecule has 4 rings (SSSR count). The van der Waals surface area contributed by atoms with Crippen LogP contribution in [0.3, 0.4) is 0 Å². The number of nitrogens with one attached hydrogen (secondary N) is 3. The predicted octanol–water partition coefficient (Wildman–Crippen LogP) is 2.70. The molecule has 2 aromatic rings. The van der Waals surface area contributed by atoms with Crippen molar-refractivity contribution in [2.24, 2.45) is 0 Å². The lowest BCUT2D eigenvalue weighted by Gasteiger charge is -2.12. The Morgan fingerprint density at radius 3 is 1.78 bits per heavy atom. The van der Waals surface area contributed by atoms with Crippen molar-refractivity contribution in [2.45, 2.75) is 46.8 Å². The van der Waals surface area contributed by atoms with Gasteiger partial charge in [0.1, 0.15) is 9.79 Å². The van der Waals surface area contributed by atoms with E-state index in [2.05, 4.69) is 15.4 Å². The number of hydrogen-bond donors (Lipinski definition) is 5. The highest BCUT2D eigenvalue weighted by Crippen LogP contribution is 2.31. The summed E-state index contributed by atoms with van der Waals surface area (Å²) in [6, 6.07) is 7.91. The van der Waals surface area contributed by atoms with Gasteiger partial charge in [-0.3, -0.25) is 13.8 Å². The Bertz CT molecular complexity index is 1560. The maximum Gasteiger partial charge on any atom is 0.295 e. The SMILES string of the molecule is O=S(=O)(O)c1cc(NC(=S)NC2CC2)ccc1C=Cc1ccc(NS(=O)(=O)C2CC2)cc1S(=O)(=O)O.